The number of piperidine rings is 1. The standard InChI is InChI=1S/C16H25N3OS/c1-2-7-19(12-15-4-3-10-21-15)16(20)13-18-8-5-14(11-17)6-9-18/h2-4,10,14H,1,5-9,11-13,17H2. The van der Waals surface area contributed by atoms with E-state index in [1.807, 2.05) is 16.3 Å². The Labute approximate surface area is 131 Å². The van der Waals surface area contributed by atoms with Gasteiger partial charge in [-0.3, -0.25) is 9.69 Å². The molecule has 1 amide bonds. The molecule has 2 rings (SSSR count). The zero-order valence-electron chi connectivity index (χ0n) is 12.5. The Hall–Kier alpha value is -1.17. The number of carbonyl (C=O) groups is 1. The van der Waals surface area contributed by atoms with Crippen LogP contribution in [0.2, 0.25) is 0 Å². The molecule has 0 unspecified atom stereocenters. The Morgan fingerprint density at radius 1 is 1.52 bits per heavy atom. The molecule has 1 aromatic rings. The van der Waals surface area contributed by atoms with E-state index in [9.17, 15) is 4.79 Å². The first-order valence-corrected chi connectivity index (χ1v) is 8.44. The second-order valence-electron chi connectivity index (χ2n) is 5.60. The third-order valence-electron chi connectivity index (χ3n) is 4.03. The van der Waals surface area contributed by atoms with Crippen molar-refractivity contribution in [2.24, 2.45) is 11.7 Å². The number of rotatable bonds is 7. The highest BCUT2D eigenvalue weighted by molar-refractivity contribution is 7.09. The van der Waals surface area contributed by atoms with Crippen molar-refractivity contribution in [3.8, 4) is 0 Å². The highest BCUT2D eigenvalue weighted by Gasteiger charge is 2.22. The van der Waals surface area contributed by atoms with Gasteiger partial charge >= 0.3 is 0 Å². The summed E-state index contributed by atoms with van der Waals surface area (Å²) in [7, 11) is 0. The molecule has 1 aromatic heterocycles. The second-order valence-corrected chi connectivity index (χ2v) is 6.63. The van der Waals surface area contributed by atoms with Crippen LogP contribution in [-0.4, -0.2) is 48.4 Å². The van der Waals surface area contributed by atoms with Crippen molar-refractivity contribution in [2.75, 3.05) is 32.7 Å². The number of amides is 1. The molecule has 0 radical (unpaired) electrons. The largest absolute Gasteiger partial charge is 0.333 e. The normalized spacial score (nSPS) is 16.8. The van der Waals surface area contributed by atoms with E-state index in [-0.39, 0.29) is 5.91 Å². The van der Waals surface area contributed by atoms with E-state index >= 15 is 0 Å². The maximum atomic E-state index is 12.5. The van der Waals surface area contributed by atoms with Crippen LogP contribution in [0, 0.1) is 5.92 Å². The molecule has 0 spiro atoms. The summed E-state index contributed by atoms with van der Waals surface area (Å²) in [5, 5.41) is 2.05. The van der Waals surface area contributed by atoms with E-state index in [1.54, 1.807) is 17.4 Å². The molecular weight excluding hydrogens is 282 g/mol. The smallest absolute Gasteiger partial charge is 0.237 e. The van der Waals surface area contributed by atoms with Gasteiger partial charge in [-0.05, 0) is 49.8 Å². The summed E-state index contributed by atoms with van der Waals surface area (Å²) in [5.74, 6) is 0.821. The number of hydrogen-bond acceptors (Lipinski definition) is 4. The fraction of sp³-hybridized carbons (Fsp3) is 0.562. The zero-order valence-corrected chi connectivity index (χ0v) is 13.4. The lowest BCUT2D eigenvalue weighted by molar-refractivity contribution is -0.132. The lowest BCUT2D eigenvalue weighted by atomic mass is 9.97. The lowest BCUT2D eigenvalue weighted by Crippen LogP contribution is -2.44. The average molecular weight is 307 g/mol. The zero-order chi connectivity index (χ0) is 15.1. The van der Waals surface area contributed by atoms with Crippen molar-refractivity contribution >= 4 is 17.2 Å². The molecule has 1 fully saturated rings. The Balaban J connectivity index is 1.85. The third kappa shape index (κ3) is 4.95. The molecular formula is C16H25N3OS. The van der Waals surface area contributed by atoms with Gasteiger partial charge in [-0.15, -0.1) is 17.9 Å². The van der Waals surface area contributed by atoms with Gasteiger partial charge in [0.1, 0.15) is 0 Å². The van der Waals surface area contributed by atoms with E-state index in [1.165, 1.54) is 4.88 Å². The Morgan fingerprint density at radius 2 is 2.29 bits per heavy atom. The number of thiophene rings is 1. The van der Waals surface area contributed by atoms with E-state index in [4.69, 9.17) is 5.73 Å². The maximum absolute atomic E-state index is 12.5. The van der Waals surface area contributed by atoms with Crippen LogP contribution < -0.4 is 5.73 Å². The van der Waals surface area contributed by atoms with Crippen molar-refractivity contribution in [3.05, 3.63) is 35.0 Å². The van der Waals surface area contributed by atoms with Crippen molar-refractivity contribution in [2.45, 2.75) is 19.4 Å². The van der Waals surface area contributed by atoms with Crippen molar-refractivity contribution in [1.82, 2.24) is 9.80 Å². The van der Waals surface area contributed by atoms with Crippen LogP contribution in [0.3, 0.4) is 0 Å². The molecule has 2 heterocycles. The highest BCUT2D eigenvalue weighted by atomic mass is 32.1. The van der Waals surface area contributed by atoms with Crippen LogP contribution in [0.5, 0.6) is 0 Å². The number of nitrogens with zero attached hydrogens (tertiary/aromatic N) is 2. The van der Waals surface area contributed by atoms with Crippen molar-refractivity contribution in [1.29, 1.82) is 0 Å². The minimum atomic E-state index is 0.189. The molecule has 0 atom stereocenters. The Morgan fingerprint density at radius 3 is 2.86 bits per heavy atom. The summed E-state index contributed by atoms with van der Waals surface area (Å²) < 4.78 is 0. The minimum Gasteiger partial charge on any atom is -0.333 e. The fourth-order valence-electron chi connectivity index (χ4n) is 2.67. The van der Waals surface area contributed by atoms with E-state index in [2.05, 4.69) is 17.5 Å². The number of hydrogen-bond donors (Lipinski definition) is 1. The van der Waals surface area contributed by atoms with Gasteiger partial charge in [0.15, 0.2) is 0 Å². The predicted molar refractivity (Wildman–Crippen MR) is 88.2 cm³/mol. The molecule has 0 bridgehead atoms. The molecule has 21 heavy (non-hydrogen) atoms. The number of likely N-dealkylation sites (tertiary alicyclic amines) is 1. The molecule has 1 aliphatic heterocycles. The van der Waals surface area contributed by atoms with Gasteiger partial charge < -0.3 is 10.6 Å². The topological polar surface area (TPSA) is 49.6 Å². The van der Waals surface area contributed by atoms with Crippen LogP contribution in [0.15, 0.2) is 30.2 Å². The second kappa shape index (κ2) is 8.32. The van der Waals surface area contributed by atoms with E-state index < -0.39 is 0 Å². The molecule has 0 aliphatic carbocycles. The maximum Gasteiger partial charge on any atom is 0.237 e. The first-order valence-electron chi connectivity index (χ1n) is 7.56. The Bertz CT molecular complexity index is 438. The van der Waals surface area contributed by atoms with E-state index in [0.29, 0.717) is 25.6 Å². The van der Waals surface area contributed by atoms with Gasteiger partial charge in [-0.1, -0.05) is 12.1 Å². The highest BCUT2D eigenvalue weighted by Crippen LogP contribution is 2.16. The summed E-state index contributed by atoms with van der Waals surface area (Å²) in [6.07, 6.45) is 4.01. The average Bonchev–Trinajstić information content (AvgIpc) is 3.00. The summed E-state index contributed by atoms with van der Waals surface area (Å²) >= 11 is 1.69. The van der Waals surface area contributed by atoms with Crippen LogP contribution in [0.25, 0.3) is 0 Å². The lowest BCUT2D eigenvalue weighted by Gasteiger charge is -2.32. The molecule has 1 aliphatic rings. The fourth-order valence-corrected chi connectivity index (χ4v) is 3.39. The number of nitrogens with two attached hydrogens (primary N) is 1. The molecule has 116 valence electrons. The van der Waals surface area contributed by atoms with Gasteiger partial charge in [0.2, 0.25) is 5.91 Å². The van der Waals surface area contributed by atoms with Crippen LogP contribution in [-0.2, 0) is 11.3 Å². The predicted octanol–water partition coefficient (Wildman–Crippen LogP) is 1.93. The first-order chi connectivity index (χ1) is 10.2. The van der Waals surface area contributed by atoms with Gasteiger partial charge in [0.25, 0.3) is 0 Å². The quantitative estimate of drug-likeness (QED) is 0.783. The number of carbonyl (C=O) groups excluding carboxylic acids is 1. The van der Waals surface area contributed by atoms with Gasteiger partial charge in [-0.25, -0.2) is 0 Å². The first kappa shape index (κ1) is 16.2. The molecule has 1 saturated heterocycles. The van der Waals surface area contributed by atoms with Gasteiger partial charge in [-0.2, -0.15) is 0 Å². The molecule has 2 N–H and O–H groups in total. The SMILES string of the molecule is C=CCN(Cc1cccs1)C(=O)CN1CCC(CN)CC1. The minimum absolute atomic E-state index is 0.189. The van der Waals surface area contributed by atoms with Crippen molar-refractivity contribution < 1.29 is 4.79 Å². The van der Waals surface area contributed by atoms with Gasteiger partial charge in [0, 0.05) is 11.4 Å². The summed E-state index contributed by atoms with van der Waals surface area (Å²) in [6.45, 7) is 8.29. The van der Waals surface area contributed by atoms with Crippen molar-refractivity contribution in [3.63, 3.8) is 0 Å². The molecule has 0 aromatic carbocycles. The van der Waals surface area contributed by atoms with Crippen LogP contribution >= 0.6 is 11.3 Å². The molecule has 0 saturated carbocycles. The summed E-state index contributed by atoms with van der Waals surface area (Å²) in [6, 6.07) is 4.09. The molecule has 4 nitrogen and oxygen atoms in total. The van der Waals surface area contributed by atoms with Crippen LogP contribution in [0.4, 0.5) is 0 Å². The molecule has 5 heteroatoms. The van der Waals surface area contributed by atoms with E-state index in [0.717, 1.165) is 32.5 Å². The Kier molecular flexibility index (Phi) is 6.42. The monoisotopic (exact) mass is 307 g/mol. The van der Waals surface area contributed by atoms with Crippen LogP contribution in [0.1, 0.15) is 17.7 Å². The summed E-state index contributed by atoms with van der Waals surface area (Å²) in [4.78, 5) is 17.8. The third-order valence-corrected chi connectivity index (χ3v) is 4.89. The van der Waals surface area contributed by atoms with Gasteiger partial charge in [0.05, 0.1) is 13.1 Å². The summed E-state index contributed by atoms with van der Waals surface area (Å²) in [5.41, 5.74) is 5.71.